The van der Waals surface area contributed by atoms with E-state index in [-0.39, 0.29) is 0 Å². The van der Waals surface area contributed by atoms with E-state index in [1.807, 2.05) is 0 Å². The van der Waals surface area contributed by atoms with Crippen LogP contribution in [-0.2, 0) is 19.1 Å². The van der Waals surface area contributed by atoms with Crippen LogP contribution in [0.1, 0.15) is 13.8 Å². The maximum Gasteiger partial charge on any atom is 0.321 e. The highest BCUT2D eigenvalue weighted by Crippen LogP contribution is 2.28. The van der Waals surface area contributed by atoms with E-state index in [4.69, 9.17) is 0 Å². The predicted molar refractivity (Wildman–Crippen MR) is 50.5 cm³/mol. The molecule has 0 saturated carbocycles. The normalized spacial score (nSPS) is 11.2. The molecule has 13 heavy (non-hydrogen) atoms. The molecule has 5 heteroatoms. The predicted octanol–water partition coefficient (Wildman–Crippen LogP) is 1.12. The van der Waals surface area contributed by atoms with Gasteiger partial charge < -0.3 is 9.47 Å². The number of carbonyl (C=O) groups excluding carboxylic acids is 2. The lowest BCUT2D eigenvalue weighted by Crippen LogP contribution is -2.39. The topological polar surface area (TPSA) is 52.6 Å². The number of alkyl halides is 1. The fraction of sp³-hybridized carbons (Fsp3) is 0.750. The molecule has 0 aromatic heterocycles. The molecular weight excluding hydrogens is 240 g/mol. The smallest absolute Gasteiger partial charge is 0.321 e. The second-order valence-corrected chi connectivity index (χ2v) is 5.09. The molecule has 0 radical (unpaired) electrons. The Hall–Kier alpha value is -0.580. The number of rotatable bonds is 3. The van der Waals surface area contributed by atoms with Gasteiger partial charge in [-0.25, -0.2) is 0 Å². The highest BCUT2D eigenvalue weighted by atomic mass is 79.9. The molecule has 0 saturated heterocycles. The van der Waals surface area contributed by atoms with Crippen LogP contribution in [0.15, 0.2) is 0 Å². The molecule has 0 N–H and O–H groups in total. The molecule has 0 atom stereocenters. The van der Waals surface area contributed by atoms with Crippen LogP contribution in [0.4, 0.5) is 0 Å². The summed E-state index contributed by atoms with van der Waals surface area (Å²) in [5.41, 5.74) is 0. The van der Waals surface area contributed by atoms with E-state index < -0.39 is 22.2 Å². The van der Waals surface area contributed by atoms with Gasteiger partial charge in [0, 0.05) is 4.32 Å². The first-order chi connectivity index (χ1) is 5.84. The summed E-state index contributed by atoms with van der Waals surface area (Å²) >= 11 is 3.23. The summed E-state index contributed by atoms with van der Waals surface area (Å²) in [7, 11) is 2.47. The van der Waals surface area contributed by atoms with E-state index in [0.717, 1.165) is 0 Å². The summed E-state index contributed by atoms with van der Waals surface area (Å²) in [5, 5.41) is 0. The molecular formula is C8H13BrO4. The Kier molecular flexibility index (Phi) is 4.39. The van der Waals surface area contributed by atoms with Crippen LogP contribution in [0.3, 0.4) is 0 Å². The number of esters is 2. The van der Waals surface area contributed by atoms with Crippen molar-refractivity contribution in [2.24, 2.45) is 5.92 Å². The average Bonchev–Trinajstić information content (AvgIpc) is 2.01. The second-order valence-electron chi connectivity index (χ2n) is 3.04. The van der Waals surface area contributed by atoms with Crippen LogP contribution < -0.4 is 0 Å². The standard InChI is InChI=1S/C8H13BrO4/c1-8(2,9)5(6(10)12-3)7(11)13-4/h5H,1-4H3. The van der Waals surface area contributed by atoms with Gasteiger partial charge in [0.05, 0.1) is 14.2 Å². The van der Waals surface area contributed by atoms with Gasteiger partial charge in [-0.1, -0.05) is 15.9 Å². The van der Waals surface area contributed by atoms with Gasteiger partial charge in [-0.2, -0.15) is 0 Å². The third-order valence-corrected chi connectivity index (χ3v) is 2.02. The van der Waals surface area contributed by atoms with E-state index in [0.29, 0.717) is 0 Å². The lowest BCUT2D eigenvalue weighted by Gasteiger charge is -2.23. The van der Waals surface area contributed by atoms with Crippen LogP contribution >= 0.6 is 15.9 Å². The molecule has 0 aliphatic heterocycles. The molecule has 0 aromatic rings. The highest BCUT2D eigenvalue weighted by Gasteiger charge is 2.41. The van der Waals surface area contributed by atoms with Gasteiger partial charge in [-0.05, 0) is 13.8 Å². The minimum absolute atomic E-state index is 0.603. The maximum atomic E-state index is 11.2. The Morgan fingerprint density at radius 2 is 1.46 bits per heavy atom. The molecule has 0 fully saturated rings. The van der Waals surface area contributed by atoms with E-state index >= 15 is 0 Å². The quantitative estimate of drug-likeness (QED) is 0.429. The maximum absolute atomic E-state index is 11.2. The van der Waals surface area contributed by atoms with Gasteiger partial charge in [0.15, 0.2) is 5.92 Å². The van der Waals surface area contributed by atoms with Crippen molar-refractivity contribution in [3.05, 3.63) is 0 Å². The number of ether oxygens (including phenoxy) is 2. The highest BCUT2D eigenvalue weighted by molar-refractivity contribution is 9.10. The Morgan fingerprint density at radius 1 is 1.15 bits per heavy atom. The molecule has 0 unspecified atom stereocenters. The Bertz CT molecular complexity index is 191. The minimum atomic E-state index is -0.942. The summed E-state index contributed by atoms with van der Waals surface area (Å²) in [4.78, 5) is 22.4. The van der Waals surface area contributed by atoms with Crippen LogP contribution in [0.25, 0.3) is 0 Å². The molecule has 0 spiro atoms. The summed E-state index contributed by atoms with van der Waals surface area (Å²) in [6, 6.07) is 0. The van der Waals surface area contributed by atoms with Gasteiger partial charge in [-0.15, -0.1) is 0 Å². The number of hydrogen-bond acceptors (Lipinski definition) is 4. The van der Waals surface area contributed by atoms with Crippen LogP contribution in [-0.4, -0.2) is 30.5 Å². The monoisotopic (exact) mass is 252 g/mol. The lowest BCUT2D eigenvalue weighted by molar-refractivity contribution is -0.159. The van der Waals surface area contributed by atoms with Gasteiger partial charge in [-0.3, -0.25) is 9.59 Å². The van der Waals surface area contributed by atoms with Crippen molar-refractivity contribution in [2.75, 3.05) is 14.2 Å². The molecule has 4 nitrogen and oxygen atoms in total. The number of carbonyl (C=O) groups is 2. The second kappa shape index (κ2) is 4.60. The molecule has 76 valence electrons. The number of methoxy groups -OCH3 is 2. The van der Waals surface area contributed by atoms with Gasteiger partial charge in [0.1, 0.15) is 0 Å². The van der Waals surface area contributed by atoms with Gasteiger partial charge in [0.2, 0.25) is 0 Å². The fourth-order valence-electron chi connectivity index (χ4n) is 0.892. The van der Waals surface area contributed by atoms with Crippen LogP contribution in [0.2, 0.25) is 0 Å². The fourth-order valence-corrected chi connectivity index (χ4v) is 1.27. The van der Waals surface area contributed by atoms with E-state index in [1.54, 1.807) is 13.8 Å². The zero-order valence-corrected chi connectivity index (χ0v) is 9.67. The van der Waals surface area contributed by atoms with Crippen molar-refractivity contribution in [3.63, 3.8) is 0 Å². The molecule has 0 bridgehead atoms. The zero-order chi connectivity index (χ0) is 10.6. The molecule has 0 aliphatic rings. The number of hydrogen-bond donors (Lipinski definition) is 0. The van der Waals surface area contributed by atoms with E-state index in [2.05, 4.69) is 25.4 Å². The van der Waals surface area contributed by atoms with Crippen molar-refractivity contribution in [2.45, 2.75) is 18.2 Å². The van der Waals surface area contributed by atoms with Crippen molar-refractivity contribution in [1.82, 2.24) is 0 Å². The molecule has 0 amide bonds. The SMILES string of the molecule is COC(=O)C(C(=O)OC)C(C)(C)Br. The van der Waals surface area contributed by atoms with Crippen LogP contribution in [0.5, 0.6) is 0 Å². The summed E-state index contributed by atoms with van der Waals surface area (Å²) < 4.78 is 8.31. The Labute approximate surface area is 85.7 Å². The lowest BCUT2D eigenvalue weighted by atomic mass is 9.96. The van der Waals surface area contributed by atoms with Gasteiger partial charge in [0.25, 0.3) is 0 Å². The third-order valence-electron chi connectivity index (χ3n) is 1.56. The third kappa shape index (κ3) is 3.34. The first kappa shape index (κ1) is 12.4. The van der Waals surface area contributed by atoms with Crippen molar-refractivity contribution < 1.29 is 19.1 Å². The van der Waals surface area contributed by atoms with Crippen LogP contribution in [0, 0.1) is 5.92 Å². The summed E-state index contributed by atoms with van der Waals surface area (Å²) in [5.74, 6) is -2.15. The summed E-state index contributed by atoms with van der Waals surface area (Å²) in [6.45, 7) is 3.40. The van der Waals surface area contributed by atoms with Crippen molar-refractivity contribution in [1.29, 1.82) is 0 Å². The zero-order valence-electron chi connectivity index (χ0n) is 8.09. The molecule has 0 aromatic carbocycles. The molecule has 0 rings (SSSR count). The van der Waals surface area contributed by atoms with E-state index in [1.165, 1.54) is 14.2 Å². The number of halogens is 1. The molecule has 0 heterocycles. The minimum Gasteiger partial charge on any atom is -0.468 e. The van der Waals surface area contributed by atoms with Gasteiger partial charge >= 0.3 is 11.9 Å². The molecule has 0 aliphatic carbocycles. The largest absolute Gasteiger partial charge is 0.468 e. The van der Waals surface area contributed by atoms with E-state index in [9.17, 15) is 9.59 Å². The Morgan fingerprint density at radius 3 is 1.62 bits per heavy atom. The van der Waals surface area contributed by atoms with Crippen molar-refractivity contribution >= 4 is 27.9 Å². The Balaban J connectivity index is 4.76. The first-order valence-corrected chi connectivity index (χ1v) is 4.48. The first-order valence-electron chi connectivity index (χ1n) is 3.69. The average molecular weight is 253 g/mol. The summed E-state index contributed by atoms with van der Waals surface area (Å²) in [6.07, 6.45) is 0. The van der Waals surface area contributed by atoms with Crippen molar-refractivity contribution in [3.8, 4) is 0 Å².